The lowest BCUT2D eigenvalue weighted by molar-refractivity contribution is 0.00396. The number of esters is 1. The van der Waals surface area contributed by atoms with Gasteiger partial charge in [-0.05, 0) is 37.7 Å². The minimum absolute atomic E-state index is 0.0471. The Bertz CT molecular complexity index is 942. The van der Waals surface area contributed by atoms with Crippen LogP contribution in [0.5, 0.6) is 5.75 Å². The summed E-state index contributed by atoms with van der Waals surface area (Å²) in [6.45, 7) is 2.15. The third-order valence-corrected chi connectivity index (χ3v) is 5.25. The van der Waals surface area contributed by atoms with Gasteiger partial charge >= 0.3 is 5.97 Å². The number of nitrogens with zero attached hydrogens (tertiary/aromatic N) is 1. The monoisotopic (exact) mass is 373 g/mol. The average Bonchev–Trinajstić information content (AvgIpc) is 3.04. The Hall–Kier alpha value is -2.95. The van der Waals surface area contributed by atoms with Gasteiger partial charge in [0.05, 0.1) is 5.56 Å². The molecule has 28 heavy (non-hydrogen) atoms. The molecule has 4 heteroatoms. The van der Waals surface area contributed by atoms with E-state index in [4.69, 9.17) is 9.47 Å². The van der Waals surface area contributed by atoms with Crippen molar-refractivity contribution in [2.24, 2.45) is 0 Å². The van der Waals surface area contributed by atoms with Gasteiger partial charge < -0.3 is 9.47 Å². The quantitative estimate of drug-likeness (QED) is 0.477. The number of likely N-dealkylation sites (N-methyl/N-ethyl adjacent to an activating group) is 1. The van der Waals surface area contributed by atoms with E-state index >= 15 is 0 Å². The van der Waals surface area contributed by atoms with Gasteiger partial charge in [0.15, 0.2) is 0 Å². The van der Waals surface area contributed by atoms with E-state index in [0.717, 1.165) is 11.1 Å². The molecular formula is C24H23NO3. The molecule has 0 spiro atoms. The highest BCUT2D eigenvalue weighted by Crippen LogP contribution is 2.43. The Morgan fingerprint density at radius 3 is 2.21 bits per heavy atom. The minimum Gasteiger partial charge on any atom is -0.422 e. The molecule has 0 saturated carbocycles. The fourth-order valence-corrected chi connectivity index (χ4v) is 3.58. The summed E-state index contributed by atoms with van der Waals surface area (Å²) >= 11 is 0. The van der Waals surface area contributed by atoms with E-state index in [2.05, 4.69) is 24.0 Å². The zero-order valence-electron chi connectivity index (χ0n) is 16.0. The second kappa shape index (κ2) is 7.97. The van der Waals surface area contributed by atoms with E-state index in [-0.39, 0.29) is 24.3 Å². The fraction of sp³-hybridized carbons (Fsp3) is 0.208. The normalized spacial score (nSPS) is 22.1. The maximum Gasteiger partial charge on any atom is 0.343 e. The first kappa shape index (κ1) is 18.4. The summed E-state index contributed by atoms with van der Waals surface area (Å²) in [5, 5.41) is 0. The van der Waals surface area contributed by atoms with Crippen LogP contribution in [0.25, 0.3) is 0 Å². The number of ether oxygens (including phenoxy) is 2. The molecule has 3 atom stereocenters. The number of hydrogen-bond acceptors (Lipinski definition) is 4. The van der Waals surface area contributed by atoms with Gasteiger partial charge in [0.25, 0.3) is 0 Å². The van der Waals surface area contributed by atoms with Gasteiger partial charge in [-0.2, -0.15) is 0 Å². The Kier molecular flexibility index (Phi) is 5.24. The SMILES string of the molecule is C[C@@H]1[C@@H](c2ccccc2)O[C@@H](c2ccccc2OC(=O)c2ccccc2)N1C. The molecule has 0 aliphatic carbocycles. The van der Waals surface area contributed by atoms with Crippen molar-refractivity contribution in [2.75, 3.05) is 7.05 Å². The standard InChI is InChI=1S/C24H23NO3/c1-17-22(18-11-5-3-6-12-18)28-23(25(17)2)20-15-9-10-16-21(20)27-24(26)19-13-7-4-8-14-19/h3-17,22-23H,1-2H3/t17-,22+,23+/m1/s1. The van der Waals surface area contributed by atoms with Crippen molar-refractivity contribution in [3.63, 3.8) is 0 Å². The molecule has 1 aliphatic heterocycles. The Morgan fingerprint density at radius 1 is 0.893 bits per heavy atom. The van der Waals surface area contributed by atoms with Crippen LogP contribution < -0.4 is 4.74 Å². The Labute approximate surface area is 165 Å². The summed E-state index contributed by atoms with van der Waals surface area (Å²) < 4.78 is 12.1. The second-order valence-electron chi connectivity index (χ2n) is 7.02. The highest BCUT2D eigenvalue weighted by molar-refractivity contribution is 5.91. The lowest BCUT2D eigenvalue weighted by Gasteiger charge is -2.23. The van der Waals surface area contributed by atoms with Crippen LogP contribution in [0.4, 0.5) is 0 Å². The molecule has 0 aromatic heterocycles. The van der Waals surface area contributed by atoms with Crippen LogP contribution in [0.15, 0.2) is 84.9 Å². The van der Waals surface area contributed by atoms with Crippen molar-refractivity contribution in [3.05, 3.63) is 102 Å². The first-order valence-electron chi connectivity index (χ1n) is 9.43. The van der Waals surface area contributed by atoms with Crippen molar-refractivity contribution in [3.8, 4) is 5.75 Å². The van der Waals surface area contributed by atoms with Gasteiger partial charge in [0, 0.05) is 11.6 Å². The predicted octanol–water partition coefficient (Wildman–Crippen LogP) is 5.00. The first-order valence-corrected chi connectivity index (χ1v) is 9.43. The lowest BCUT2D eigenvalue weighted by atomic mass is 10.0. The molecule has 0 amide bonds. The number of para-hydroxylation sites is 1. The van der Waals surface area contributed by atoms with Crippen LogP contribution >= 0.6 is 0 Å². The number of hydrogen-bond donors (Lipinski definition) is 0. The molecule has 1 heterocycles. The molecule has 0 radical (unpaired) electrons. The predicted molar refractivity (Wildman–Crippen MR) is 108 cm³/mol. The largest absolute Gasteiger partial charge is 0.422 e. The molecule has 0 N–H and O–H groups in total. The van der Waals surface area contributed by atoms with Crippen LogP contribution in [0.1, 0.15) is 40.7 Å². The van der Waals surface area contributed by atoms with Crippen LogP contribution in [0.2, 0.25) is 0 Å². The molecule has 0 unspecified atom stereocenters. The molecule has 1 aliphatic rings. The van der Waals surface area contributed by atoms with Gasteiger partial charge in [-0.25, -0.2) is 4.79 Å². The fourth-order valence-electron chi connectivity index (χ4n) is 3.58. The number of carbonyl (C=O) groups excluding carboxylic acids is 1. The molecule has 3 aromatic carbocycles. The zero-order chi connectivity index (χ0) is 19.5. The number of benzene rings is 3. The van der Waals surface area contributed by atoms with Crippen LogP contribution in [0, 0.1) is 0 Å². The van der Waals surface area contributed by atoms with Crippen molar-refractivity contribution in [1.82, 2.24) is 4.90 Å². The molecular weight excluding hydrogens is 350 g/mol. The van der Waals surface area contributed by atoms with E-state index in [1.807, 2.05) is 67.7 Å². The third kappa shape index (κ3) is 3.57. The van der Waals surface area contributed by atoms with E-state index in [0.29, 0.717) is 11.3 Å². The summed E-state index contributed by atoms with van der Waals surface area (Å²) in [5.74, 6) is 0.149. The van der Waals surface area contributed by atoms with Crippen molar-refractivity contribution in [2.45, 2.75) is 25.3 Å². The van der Waals surface area contributed by atoms with Crippen LogP contribution in [-0.4, -0.2) is 24.0 Å². The summed E-state index contributed by atoms with van der Waals surface area (Å²) in [6.07, 6.45) is -0.339. The molecule has 4 nitrogen and oxygen atoms in total. The maximum atomic E-state index is 12.5. The Morgan fingerprint density at radius 2 is 1.50 bits per heavy atom. The first-order chi connectivity index (χ1) is 13.6. The smallest absolute Gasteiger partial charge is 0.343 e. The van der Waals surface area contributed by atoms with Crippen molar-refractivity contribution < 1.29 is 14.3 Å². The number of rotatable bonds is 4. The van der Waals surface area contributed by atoms with Crippen LogP contribution in [-0.2, 0) is 4.74 Å². The van der Waals surface area contributed by atoms with Crippen molar-refractivity contribution in [1.29, 1.82) is 0 Å². The van der Waals surface area contributed by atoms with E-state index in [9.17, 15) is 4.79 Å². The topological polar surface area (TPSA) is 38.8 Å². The van der Waals surface area contributed by atoms with Gasteiger partial charge in [-0.15, -0.1) is 0 Å². The van der Waals surface area contributed by atoms with Crippen molar-refractivity contribution >= 4 is 5.97 Å². The van der Waals surface area contributed by atoms with E-state index in [1.54, 1.807) is 12.1 Å². The summed E-state index contributed by atoms with van der Waals surface area (Å²) in [5.41, 5.74) is 2.51. The summed E-state index contributed by atoms with van der Waals surface area (Å²) in [4.78, 5) is 14.7. The molecule has 1 saturated heterocycles. The maximum absolute atomic E-state index is 12.5. The lowest BCUT2D eigenvalue weighted by Crippen LogP contribution is -2.27. The number of carbonyl (C=O) groups is 1. The third-order valence-electron chi connectivity index (χ3n) is 5.25. The van der Waals surface area contributed by atoms with Gasteiger partial charge in [0.1, 0.15) is 18.1 Å². The Balaban J connectivity index is 1.60. The molecule has 4 rings (SSSR count). The average molecular weight is 373 g/mol. The van der Waals surface area contributed by atoms with E-state index < -0.39 is 0 Å². The molecule has 1 fully saturated rings. The minimum atomic E-state index is -0.374. The van der Waals surface area contributed by atoms with Gasteiger partial charge in [-0.1, -0.05) is 66.7 Å². The second-order valence-corrected chi connectivity index (χ2v) is 7.02. The summed E-state index contributed by atoms with van der Waals surface area (Å²) in [7, 11) is 2.04. The summed E-state index contributed by atoms with van der Waals surface area (Å²) in [6, 6.07) is 27.0. The molecule has 3 aromatic rings. The van der Waals surface area contributed by atoms with Gasteiger partial charge in [-0.3, -0.25) is 4.90 Å². The molecule has 142 valence electrons. The van der Waals surface area contributed by atoms with Gasteiger partial charge in [0.2, 0.25) is 0 Å². The zero-order valence-corrected chi connectivity index (χ0v) is 16.0. The van der Waals surface area contributed by atoms with E-state index in [1.165, 1.54) is 0 Å². The highest BCUT2D eigenvalue weighted by atomic mass is 16.5. The van der Waals surface area contributed by atoms with Crippen LogP contribution in [0.3, 0.4) is 0 Å². The highest BCUT2D eigenvalue weighted by Gasteiger charge is 2.40. The molecule has 0 bridgehead atoms.